The zero-order chi connectivity index (χ0) is 29.6. The van der Waals surface area contributed by atoms with Crippen LogP contribution in [-0.2, 0) is 0 Å². The van der Waals surface area contributed by atoms with Crippen LogP contribution in [0.1, 0.15) is 91.7 Å². The molecule has 168 valence electrons. The van der Waals surface area contributed by atoms with Crippen LogP contribution in [0.25, 0.3) is 0 Å². The van der Waals surface area contributed by atoms with Gasteiger partial charge in [-0.25, -0.2) is 0 Å². The van der Waals surface area contributed by atoms with E-state index in [1.165, 1.54) is 11.6 Å². The minimum Gasteiger partial charge on any atom is -0.393 e. The number of aliphatic hydroxyl groups is 2. The minimum atomic E-state index is -2.93. The Labute approximate surface area is 197 Å². The lowest BCUT2D eigenvalue weighted by Gasteiger charge is -2.44. The number of aliphatic hydroxyl groups excluding tert-OH is 2. The lowest BCUT2D eigenvalue weighted by Crippen LogP contribution is -2.35. The van der Waals surface area contributed by atoms with Gasteiger partial charge >= 0.3 is 0 Å². The number of allylic oxidation sites excluding steroid dienone is 5. The van der Waals surface area contributed by atoms with Crippen LogP contribution in [0.4, 0.5) is 0 Å². The molecule has 0 radical (unpaired) electrons. The first-order chi connectivity index (χ1) is 17.8. The predicted molar refractivity (Wildman–Crippen MR) is 127 cm³/mol. The van der Waals surface area contributed by atoms with Gasteiger partial charge in [0.1, 0.15) is 0 Å². The van der Waals surface area contributed by atoms with Gasteiger partial charge in [0, 0.05) is 18.8 Å². The Balaban J connectivity index is 1.85. The zero-order valence-electron chi connectivity index (χ0n) is 27.4. The molecule has 1 unspecified atom stereocenters. The van der Waals surface area contributed by atoms with Crippen LogP contribution in [0.2, 0.25) is 0 Å². The van der Waals surface area contributed by atoms with Crippen molar-refractivity contribution < 1.29 is 22.5 Å². The molecule has 0 aromatic rings. The average Bonchev–Trinajstić information content (AvgIpc) is 3.12. The summed E-state index contributed by atoms with van der Waals surface area (Å²) < 4.78 is 70.5. The molecular formula is C28H44O2. The topological polar surface area (TPSA) is 40.5 Å². The number of hydrogen-bond donors (Lipinski definition) is 2. The fourth-order valence-corrected chi connectivity index (χ4v) is 6.15. The van der Waals surface area contributed by atoms with E-state index in [1.54, 1.807) is 6.08 Å². The largest absolute Gasteiger partial charge is 0.393 e. The average molecular weight is 422 g/mol. The summed E-state index contributed by atoms with van der Waals surface area (Å²) in [5.74, 6) is -3.06. The second-order valence-corrected chi connectivity index (χ2v) is 9.91. The molecule has 3 fully saturated rings. The normalized spacial score (nSPS) is 45.5. The monoisotopic (exact) mass is 421 g/mol. The van der Waals surface area contributed by atoms with E-state index in [1.807, 2.05) is 13.0 Å². The summed E-state index contributed by atoms with van der Waals surface area (Å²) in [5, 5.41) is 20.3. The molecule has 0 aliphatic heterocycles. The molecule has 2 heteroatoms. The van der Waals surface area contributed by atoms with Crippen LogP contribution in [0.15, 0.2) is 47.6 Å². The van der Waals surface area contributed by atoms with Crippen LogP contribution in [0.3, 0.4) is 0 Å². The van der Waals surface area contributed by atoms with E-state index >= 15 is 0 Å². The molecule has 2 nitrogen and oxygen atoms in total. The van der Waals surface area contributed by atoms with Gasteiger partial charge in [-0.3, -0.25) is 0 Å². The number of hydrogen-bond acceptors (Lipinski definition) is 2. The van der Waals surface area contributed by atoms with Crippen molar-refractivity contribution in [2.75, 3.05) is 0 Å². The summed E-state index contributed by atoms with van der Waals surface area (Å²) >= 11 is 0. The van der Waals surface area contributed by atoms with Crippen molar-refractivity contribution in [3.05, 3.63) is 47.6 Å². The molecular weight excluding hydrogens is 368 g/mol. The molecule has 3 aliphatic rings. The van der Waals surface area contributed by atoms with Gasteiger partial charge in [0.05, 0.1) is 12.2 Å². The maximum atomic E-state index is 10.2. The third kappa shape index (κ3) is 4.86. The Morgan fingerprint density at radius 1 is 1.17 bits per heavy atom. The Hall–Kier alpha value is -1.12. The molecule has 30 heavy (non-hydrogen) atoms. The maximum Gasteiger partial charge on any atom is 0.0811 e. The van der Waals surface area contributed by atoms with E-state index in [0.717, 1.165) is 37.7 Å². The third-order valence-corrected chi connectivity index (χ3v) is 7.92. The summed E-state index contributed by atoms with van der Waals surface area (Å²) in [5.41, 5.74) is 2.84. The fraction of sp³-hybridized carbons (Fsp3) is 0.714. The summed E-state index contributed by atoms with van der Waals surface area (Å²) in [6, 6.07) is 0. The number of fused-ring (bicyclic) bond motifs is 1. The highest BCUT2D eigenvalue weighted by Crippen LogP contribution is 2.59. The Morgan fingerprint density at radius 2 is 1.97 bits per heavy atom. The van der Waals surface area contributed by atoms with E-state index in [-0.39, 0.29) is 17.3 Å². The van der Waals surface area contributed by atoms with Gasteiger partial charge in [-0.2, -0.15) is 0 Å². The predicted octanol–water partition coefficient (Wildman–Crippen LogP) is 6.61. The van der Waals surface area contributed by atoms with Crippen molar-refractivity contribution in [3.63, 3.8) is 0 Å². The summed E-state index contributed by atoms with van der Waals surface area (Å²) in [6.07, 6.45) is 11.6. The minimum absolute atomic E-state index is 0.0299. The highest BCUT2D eigenvalue weighted by atomic mass is 16.3. The molecule has 0 heterocycles. The van der Waals surface area contributed by atoms with Crippen LogP contribution < -0.4 is 0 Å². The van der Waals surface area contributed by atoms with Crippen molar-refractivity contribution in [2.45, 2.75) is 91.6 Å². The molecule has 0 amide bonds. The molecule has 0 aromatic heterocycles. The molecule has 3 saturated carbocycles. The van der Waals surface area contributed by atoms with Crippen LogP contribution in [-0.4, -0.2) is 22.4 Å². The second kappa shape index (κ2) is 9.57. The smallest absolute Gasteiger partial charge is 0.0811 e. The summed E-state index contributed by atoms with van der Waals surface area (Å²) in [7, 11) is 0. The third-order valence-electron chi connectivity index (χ3n) is 7.92. The Kier molecular flexibility index (Phi) is 4.50. The lowest BCUT2D eigenvalue weighted by molar-refractivity contribution is 0.0862. The van der Waals surface area contributed by atoms with Gasteiger partial charge in [-0.15, -0.1) is 0 Å². The molecule has 2 N–H and O–H groups in total. The molecule has 7 atom stereocenters. The zero-order valence-corrected chi connectivity index (χ0v) is 18.4. The summed E-state index contributed by atoms with van der Waals surface area (Å²) in [4.78, 5) is 0. The quantitative estimate of drug-likeness (QED) is 0.490. The van der Waals surface area contributed by atoms with E-state index in [0.29, 0.717) is 24.3 Å². The van der Waals surface area contributed by atoms with Crippen LogP contribution >= 0.6 is 0 Å². The van der Waals surface area contributed by atoms with E-state index < -0.39 is 44.6 Å². The van der Waals surface area contributed by atoms with Gasteiger partial charge in [0.15, 0.2) is 0 Å². The van der Waals surface area contributed by atoms with Gasteiger partial charge in [0.2, 0.25) is 0 Å². The van der Waals surface area contributed by atoms with Crippen molar-refractivity contribution >= 4 is 0 Å². The van der Waals surface area contributed by atoms with E-state index in [2.05, 4.69) is 19.6 Å². The van der Waals surface area contributed by atoms with Crippen LogP contribution in [0.5, 0.6) is 0 Å². The van der Waals surface area contributed by atoms with Crippen molar-refractivity contribution in [1.29, 1.82) is 0 Å². The Bertz CT molecular complexity index is 974. The molecule has 0 spiro atoms. The lowest BCUT2D eigenvalue weighted by atomic mass is 9.61. The fourth-order valence-electron chi connectivity index (χ4n) is 6.15. The first-order valence-electron chi connectivity index (χ1n) is 15.9. The van der Waals surface area contributed by atoms with Gasteiger partial charge in [-0.1, -0.05) is 70.9 Å². The van der Waals surface area contributed by atoms with Gasteiger partial charge in [-0.05, 0) is 84.7 Å². The first kappa shape index (κ1) is 14.1. The van der Waals surface area contributed by atoms with Gasteiger partial charge < -0.3 is 10.2 Å². The van der Waals surface area contributed by atoms with Crippen molar-refractivity contribution in [1.82, 2.24) is 0 Å². The maximum absolute atomic E-state index is 10.2. The standard InChI is InChI=1S/C28H44O2/c1-18(2)19(3)9-10-20(4)25-13-14-26-22(8-7-15-28(25,26)6)11-12-23-16-24(29)17-27(30)21(23)5/h9-12,18-20,24-27,29-30H,5,7-8,13-17H2,1-4,6H3/b10-9+,22-11+,23-12+/t19?,20-,24-,25-,26+,27+,28-/m1/s1/i1D3,2D3,3D3. The highest BCUT2D eigenvalue weighted by molar-refractivity contribution is 5.38. The number of rotatable bonds is 5. The molecule has 0 saturated heterocycles. The second-order valence-electron chi connectivity index (χ2n) is 9.91. The van der Waals surface area contributed by atoms with E-state index in [4.69, 9.17) is 12.3 Å². The van der Waals surface area contributed by atoms with Gasteiger partial charge in [0.25, 0.3) is 0 Å². The molecule has 3 aliphatic carbocycles. The first-order valence-corrected chi connectivity index (χ1v) is 11.4. The van der Waals surface area contributed by atoms with E-state index in [9.17, 15) is 10.2 Å². The Morgan fingerprint density at radius 3 is 2.70 bits per heavy atom. The molecule has 0 bridgehead atoms. The molecule has 3 rings (SSSR count). The molecule has 0 aromatic carbocycles. The van der Waals surface area contributed by atoms with Crippen molar-refractivity contribution in [2.24, 2.45) is 35.0 Å². The SMILES string of the molecule is [2H]C([2H])([2H])C(/C=C/[C@@H](C)[C@H]1CC[C@H]2/C(=C/C=C3\C[C@@H](O)C[C@H](O)C3=C)CCC[C@]12C)C(C([2H])([2H])[2H])C([2H])([2H])[2H]. The van der Waals surface area contributed by atoms with Crippen LogP contribution in [0, 0.1) is 35.0 Å². The van der Waals surface area contributed by atoms with Crippen molar-refractivity contribution in [3.8, 4) is 0 Å². The highest BCUT2D eigenvalue weighted by Gasteiger charge is 2.50. The summed E-state index contributed by atoms with van der Waals surface area (Å²) in [6.45, 7) is -0.328.